The summed E-state index contributed by atoms with van der Waals surface area (Å²) in [4.78, 5) is 3.43. The molecule has 0 atom stereocenters. The van der Waals surface area contributed by atoms with E-state index in [0.717, 1.165) is 12.3 Å². The van der Waals surface area contributed by atoms with E-state index in [1.165, 1.54) is 0 Å². The van der Waals surface area contributed by atoms with Crippen LogP contribution in [0.15, 0.2) is 12.3 Å². The number of aromatic nitrogens is 1. The molecule has 2 nitrogen and oxygen atoms in total. The summed E-state index contributed by atoms with van der Waals surface area (Å²) in [6.07, 6.45) is -1.56. The van der Waals surface area contributed by atoms with Crippen molar-refractivity contribution in [2.45, 2.75) is 13.1 Å². The summed E-state index contributed by atoms with van der Waals surface area (Å²) >= 11 is 0. The van der Waals surface area contributed by atoms with Gasteiger partial charge < -0.3 is 5.73 Å². The molecule has 1 heterocycles. The van der Waals surface area contributed by atoms with E-state index in [2.05, 4.69) is 4.98 Å². The van der Waals surface area contributed by atoms with Gasteiger partial charge >= 0.3 is 0 Å². The van der Waals surface area contributed by atoms with Gasteiger partial charge in [-0.2, -0.15) is 0 Å². The number of pyridine rings is 1. The molecule has 0 aromatic carbocycles. The average Bonchev–Trinajstić information content (AvgIpc) is 2.05. The van der Waals surface area contributed by atoms with Crippen molar-refractivity contribution >= 4 is 5.82 Å². The molecule has 1 rings (SSSR count). The maximum absolute atomic E-state index is 12.1. The number of nitrogens with two attached hydrogens (primary N) is 1. The first-order valence-electron chi connectivity index (χ1n) is 3.23. The number of nitrogens with zero attached hydrogens (tertiary/aromatic N) is 1. The topological polar surface area (TPSA) is 38.9 Å². The monoisotopic (exact) mass is 176 g/mol. The number of nitrogen functional groups attached to an aromatic ring is 1. The molecule has 0 saturated carbocycles. The molecule has 0 fully saturated rings. The van der Waals surface area contributed by atoms with E-state index in [1.54, 1.807) is 0 Å². The van der Waals surface area contributed by atoms with Crippen molar-refractivity contribution in [1.82, 2.24) is 4.98 Å². The highest BCUT2D eigenvalue weighted by atomic mass is 19.3. The van der Waals surface area contributed by atoms with Crippen LogP contribution in [0.25, 0.3) is 0 Å². The zero-order valence-corrected chi connectivity index (χ0v) is 6.10. The van der Waals surface area contributed by atoms with Crippen LogP contribution < -0.4 is 5.73 Å². The van der Waals surface area contributed by atoms with Crippen LogP contribution in [0.4, 0.5) is 19.0 Å². The predicted octanol–water partition coefficient (Wildman–Crippen LogP) is 2.07. The number of hydrogen-bond acceptors (Lipinski definition) is 2. The minimum absolute atomic E-state index is 0.111. The summed E-state index contributed by atoms with van der Waals surface area (Å²) in [6.45, 7) is -0.812. The van der Waals surface area contributed by atoms with E-state index in [9.17, 15) is 13.2 Å². The Balaban J connectivity index is 3.08. The van der Waals surface area contributed by atoms with Crippen LogP contribution in [-0.4, -0.2) is 4.98 Å². The van der Waals surface area contributed by atoms with Gasteiger partial charge in [0.1, 0.15) is 12.5 Å². The van der Waals surface area contributed by atoms with Crippen LogP contribution >= 0.6 is 0 Å². The molecular weight excluding hydrogens is 169 g/mol. The van der Waals surface area contributed by atoms with Crippen LogP contribution in [0.2, 0.25) is 0 Å². The predicted molar refractivity (Wildman–Crippen MR) is 38.4 cm³/mol. The van der Waals surface area contributed by atoms with Crippen LogP contribution in [0.1, 0.15) is 17.6 Å². The smallest absolute Gasteiger partial charge is 0.267 e. The summed E-state index contributed by atoms with van der Waals surface area (Å²) in [6, 6.07) is 1.02. The molecule has 66 valence electrons. The molecule has 0 unspecified atom stereocenters. The van der Waals surface area contributed by atoms with Crippen molar-refractivity contribution in [3.05, 3.63) is 23.4 Å². The van der Waals surface area contributed by atoms with Gasteiger partial charge in [0.05, 0.1) is 5.56 Å². The van der Waals surface area contributed by atoms with Crippen LogP contribution in [0, 0.1) is 0 Å². The van der Waals surface area contributed by atoms with E-state index >= 15 is 0 Å². The molecule has 0 bridgehead atoms. The zero-order chi connectivity index (χ0) is 9.14. The normalized spacial score (nSPS) is 10.7. The van der Waals surface area contributed by atoms with Gasteiger partial charge in [0, 0.05) is 11.8 Å². The Hall–Kier alpha value is -1.26. The fraction of sp³-hybridized carbons (Fsp3) is 0.286. The van der Waals surface area contributed by atoms with Gasteiger partial charge in [-0.25, -0.2) is 18.2 Å². The Morgan fingerprint density at radius 2 is 2.17 bits per heavy atom. The molecule has 2 N–H and O–H groups in total. The molecule has 1 aromatic rings. The van der Waals surface area contributed by atoms with Gasteiger partial charge in [-0.15, -0.1) is 0 Å². The summed E-state index contributed by atoms with van der Waals surface area (Å²) in [7, 11) is 0. The standard InChI is InChI=1S/C7H7F3N2/c8-2-4-1-5(6(9)10)7(11)12-3-4/h1,3,6H,2H2,(H2,11,12). The number of rotatable bonds is 2. The highest BCUT2D eigenvalue weighted by Crippen LogP contribution is 2.24. The first kappa shape index (κ1) is 8.83. The molecular formula is C7H7F3N2. The molecule has 0 aliphatic rings. The van der Waals surface area contributed by atoms with Crippen molar-refractivity contribution in [3.8, 4) is 0 Å². The molecule has 5 heteroatoms. The molecule has 0 aliphatic heterocycles. The molecule has 12 heavy (non-hydrogen) atoms. The summed E-state index contributed by atoms with van der Waals surface area (Å²) in [5.74, 6) is -0.248. The SMILES string of the molecule is Nc1ncc(CF)cc1C(F)F. The highest BCUT2D eigenvalue weighted by Gasteiger charge is 2.12. The van der Waals surface area contributed by atoms with Gasteiger partial charge in [0.25, 0.3) is 6.43 Å². The second kappa shape index (κ2) is 3.42. The van der Waals surface area contributed by atoms with Crippen molar-refractivity contribution in [1.29, 1.82) is 0 Å². The number of anilines is 1. The lowest BCUT2D eigenvalue weighted by Crippen LogP contribution is -1.99. The van der Waals surface area contributed by atoms with E-state index in [-0.39, 0.29) is 11.4 Å². The Morgan fingerprint density at radius 1 is 1.50 bits per heavy atom. The van der Waals surface area contributed by atoms with Gasteiger partial charge in [-0.1, -0.05) is 0 Å². The van der Waals surface area contributed by atoms with Crippen molar-refractivity contribution in [3.63, 3.8) is 0 Å². The Bertz CT molecular complexity index is 275. The molecule has 0 saturated heterocycles. The van der Waals surface area contributed by atoms with E-state index in [1.807, 2.05) is 0 Å². The average molecular weight is 176 g/mol. The molecule has 0 amide bonds. The van der Waals surface area contributed by atoms with Crippen molar-refractivity contribution in [2.24, 2.45) is 0 Å². The number of alkyl halides is 3. The lowest BCUT2D eigenvalue weighted by molar-refractivity contribution is 0.151. The third kappa shape index (κ3) is 1.66. The molecule has 0 spiro atoms. The largest absolute Gasteiger partial charge is 0.383 e. The van der Waals surface area contributed by atoms with Crippen LogP contribution in [0.5, 0.6) is 0 Å². The van der Waals surface area contributed by atoms with E-state index in [0.29, 0.717) is 0 Å². The third-order valence-electron chi connectivity index (χ3n) is 1.40. The summed E-state index contributed by atoms with van der Waals surface area (Å²) < 4.78 is 36.2. The van der Waals surface area contributed by atoms with Crippen LogP contribution in [-0.2, 0) is 6.67 Å². The van der Waals surface area contributed by atoms with E-state index in [4.69, 9.17) is 5.73 Å². The Morgan fingerprint density at radius 3 is 2.67 bits per heavy atom. The van der Waals surface area contributed by atoms with Crippen LogP contribution in [0.3, 0.4) is 0 Å². The van der Waals surface area contributed by atoms with Gasteiger partial charge in [0.2, 0.25) is 0 Å². The molecule has 0 aliphatic carbocycles. The molecule has 0 radical (unpaired) electrons. The first-order valence-corrected chi connectivity index (χ1v) is 3.23. The second-order valence-corrected chi connectivity index (χ2v) is 2.25. The first-order chi connectivity index (χ1) is 5.65. The maximum atomic E-state index is 12.1. The van der Waals surface area contributed by atoms with Gasteiger partial charge in [-0.3, -0.25) is 0 Å². The minimum Gasteiger partial charge on any atom is -0.383 e. The number of hydrogen-bond donors (Lipinski definition) is 1. The Labute approximate surface area is 67.2 Å². The van der Waals surface area contributed by atoms with E-state index < -0.39 is 18.7 Å². The fourth-order valence-corrected chi connectivity index (χ4v) is 0.786. The third-order valence-corrected chi connectivity index (χ3v) is 1.40. The van der Waals surface area contributed by atoms with Crippen molar-refractivity contribution < 1.29 is 13.2 Å². The van der Waals surface area contributed by atoms with Gasteiger partial charge in [-0.05, 0) is 6.07 Å². The summed E-state index contributed by atoms with van der Waals surface area (Å²) in [5.41, 5.74) is 4.83. The lowest BCUT2D eigenvalue weighted by Gasteiger charge is -2.03. The lowest BCUT2D eigenvalue weighted by atomic mass is 10.2. The van der Waals surface area contributed by atoms with Crippen molar-refractivity contribution in [2.75, 3.05) is 5.73 Å². The summed E-state index contributed by atoms with van der Waals surface area (Å²) in [5, 5.41) is 0. The minimum atomic E-state index is -2.70. The quantitative estimate of drug-likeness (QED) is 0.749. The highest BCUT2D eigenvalue weighted by molar-refractivity contribution is 5.41. The van der Waals surface area contributed by atoms with Gasteiger partial charge in [0.15, 0.2) is 0 Å². The number of halogens is 3. The zero-order valence-electron chi connectivity index (χ0n) is 6.10. The second-order valence-electron chi connectivity index (χ2n) is 2.25. The maximum Gasteiger partial charge on any atom is 0.267 e. The molecule has 1 aromatic heterocycles. The Kier molecular flexibility index (Phi) is 2.52. The fourth-order valence-electron chi connectivity index (χ4n) is 0.786.